The van der Waals surface area contributed by atoms with Crippen molar-refractivity contribution in [3.63, 3.8) is 0 Å². The molecule has 1 aromatic rings. The zero-order valence-electron chi connectivity index (χ0n) is 14.3. The number of anilines is 1. The quantitative estimate of drug-likeness (QED) is 0.781. The van der Waals surface area contributed by atoms with E-state index in [0.29, 0.717) is 6.04 Å². The van der Waals surface area contributed by atoms with E-state index in [4.69, 9.17) is 0 Å². The molecule has 1 aliphatic rings. The summed E-state index contributed by atoms with van der Waals surface area (Å²) in [7, 11) is 2.11. The molecule has 120 valence electrons. The number of nitriles is 1. The summed E-state index contributed by atoms with van der Waals surface area (Å²) in [4.78, 5) is 4.61. The first-order valence-electron chi connectivity index (χ1n) is 8.67. The summed E-state index contributed by atoms with van der Waals surface area (Å²) in [6.45, 7) is 6.37. The number of benzene rings is 1. The van der Waals surface area contributed by atoms with Crippen LogP contribution in [0.5, 0.6) is 0 Å². The van der Waals surface area contributed by atoms with Crippen LogP contribution in [0, 0.1) is 11.3 Å². The van der Waals surface area contributed by atoms with Crippen molar-refractivity contribution in [3.05, 3.63) is 29.8 Å². The van der Waals surface area contributed by atoms with E-state index in [2.05, 4.69) is 61.0 Å². The Labute approximate surface area is 135 Å². The molecule has 0 aromatic heterocycles. The fourth-order valence-corrected chi connectivity index (χ4v) is 3.56. The third-order valence-corrected chi connectivity index (χ3v) is 5.02. The van der Waals surface area contributed by atoms with Gasteiger partial charge < -0.3 is 4.90 Å². The van der Waals surface area contributed by atoms with Crippen LogP contribution in [-0.4, -0.2) is 31.1 Å². The second-order valence-electron chi connectivity index (χ2n) is 6.25. The molecule has 1 unspecified atom stereocenters. The van der Waals surface area contributed by atoms with Crippen LogP contribution in [0.3, 0.4) is 0 Å². The van der Waals surface area contributed by atoms with Gasteiger partial charge in [0.25, 0.3) is 0 Å². The fourth-order valence-electron chi connectivity index (χ4n) is 3.56. The minimum atomic E-state index is -0.131. The number of nitrogens with zero attached hydrogens (tertiary/aromatic N) is 3. The maximum Gasteiger partial charge on any atom is 0.123 e. The van der Waals surface area contributed by atoms with E-state index in [-0.39, 0.29) is 6.04 Å². The lowest BCUT2D eigenvalue weighted by Gasteiger charge is -2.34. The van der Waals surface area contributed by atoms with Crippen LogP contribution in [0.2, 0.25) is 0 Å². The van der Waals surface area contributed by atoms with E-state index in [1.807, 2.05) is 0 Å². The number of rotatable bonds is 6. The summed E-state index contributed by atoms with van der Waals surface area (Å²) in [5, 5.41) is 9.65. The van der Waals surface area contributed by atoms with Crippen molar-refractivity contribution in [2.45, 2.75) is 58.0 Å². The third kappa shape index (κ3) is 3.81. The van der Waals surface area contributed by atoms with Gasteiger partial charge in [-0.15, -0.1) is 0 Å². The minimum absolute atomic E-state index is 0.131. The van der Waals surface area contributed by atoms with Crippen LogP contribution in [0.4, 0.5) is 5.69 Å². The monoisotopic (exact) mass is 299 g/mol. The number of hydrogen-bond donors (Lipinski definition) is 0. The molecule has 0 radical (unpaired) electrons. The lowest BCUT2D eigenvalue weighted by atomic mass is 9.92. The Balaban J connectivity index is 2.12. The Morgan fingerprint density at radius 2 is 1.68 bits per heavy atom. The Morgan fingerprint density at radius 3 is 2.18 bits per heavy atom. The average Bonchev–Trinajstić information content (AvgIpc) is 2.58. The van der Waals surface area contributed by atoms with Crippen molar-refractivity contribution in [2.75, 3.05) is 25.0 Å². The zero-order chi connectivity index (χ0) is 15.9. The highest BCUT2D eigenvalue weighted by Crippen LogP contribution is 2.29. The van der Waals surface area contributed by atoms with Crippen LogP contribution in [0.1, 0.15) is 57.6 Å². The van der Waals surface area contributed by atoms with Gasteiger partial charge in [0.15, 0.2) is 0 Å². The third-order valence-electron chi connectivity index (χ3n) is 5.02. The van der Waals surface area contributed by atoms with Gasteiger partial charge in [0.1, 0.15) is 6.04 Å². The fraction of sp³-hybridized carbons (Fsp3) is 0.632. The molecule has 1 fully saturated rings. The first-order chi connectivity index (χ1) is 10.7. The second-order valence-corrected chi connectivity index (χ2v) is 6.25. The molecule has 3 nitrogen and oxygen atoms in total. The molecule has 0 bridgehead atoms. The molecule has 2 rings (SSSR count). The standard InChI is InChI=1S/C19H29N3/c1-4-22(5-2)18-13-11-16(12-14-18)19(15-20)21(3)17-9-7-6-8-10-17/h11-14,17,19H,4-10H2,1-3H3. The van der Waals surface area contributed by atoms with Crippen LogP contribution in [-0.2, 0) is 0 Å². The van der Waals surface area contributed by atoms with Gasteiger partial charge in [0.05, 0.1) is 6.07 Å². The summed E-state index contributed by atoms with van der Waals surface area (Å²) in [5.74, 6) is 0. The van der Waals surface area contributed by atoms with E-state index in [9.17, 15) is 5.26 Å². The molecule has 0 spiro atoms. The van der Waals surface area contributed by atoms with Crippen molar-refractivity contribution in [1.82, 2.24) is 4.90 Å². The molecular weight excluding hydrogens is 270 g/mol. The molecule has 0 aliphatic heterocycles. The van der Waals surface area contributed by atoms with Gasteiger partial charge in [-0.2, -0.15) is 5.26 Å². The van der Waals surface area contributed by atoms with Crippen LogP contribution in [0.15, 0.2) is 24.3 Å². The molecule has 1 aromatic carbocycles. The normalized spacial score (nSPS) is 17.2. The van der Waals surface area contributed by atoms with Crippen molar-refractivity contribution in [1.29, 1.82) is 5.26 Å². The van der Waals surface area contributed by atoms with Crippen LogP contribution in [0.25, 0.3) is 0 Å². The molecule has 0 N–H and O–H groups in total. The van der Waals surface area contributed by atoms with E-state index < -0.39 is 0 Å². The number of hydrogen-bond acceptors (Lipinski definition) is 3. The van der Waals surface area contributed by atoms with Gasteiger partial charge in [-0.05, 0) is 51.4 Å². The average molecular weight is 299 g/mol. The van der Waals surface area contributed by atoms with Crippen molar-refractivity contribution in [2.24, 2.45) is 0 Å². The molecule has 1 atom stereocenters. The molecule has 0 amide bonds. The SMILES string of the molecule is CCN(CC)c1ccc(C(C#N)N(C)C2CCCCC2)cc1. The van der Waals surface area contributed by atoms with Gasteiger partial charge in [0, 0.05) is 24.8 Å². The van der Waals surface area contributed by atoms with Crippen molar-refractivity contribution >= 4 is 5.69 Å². The van der Waals surface area contributed by atoms with E-state index in [0.717, 1.165) is 18.7 Å². The van der Waals surface area contributed by atoms with Crippen LogP contribution >= 0.6 is 0 Å². The van der Waals surface area contributed by atoms with Crippen LogP contribution < -0.4 is 4.90 Å². The second kappa shape index (κ2) is 8.19. The molecule has 1 aliphatic carbocycles. The maximum absolute atomic E-state index is 9.65. The first-order valence-corrected chi connectivity index (χ1v) is 8.67. The summed E-state index contributed by atoms with van der Waals surface area (Å²) in [6.07, 6.45) is 6.40. The molecule has 22 heavy (non-hydrogen) atoms. The first kappa shape index (κ1) is 16.8. The minimum Gasteiger partial charge on any atom is -0.372 e. The van der Waals surface area contributed by atoms with E-state index >= 15 is 0 Å². The van der Waals surface area contributed by atoms with Crippen molar-refractivity contribution < 1.29 is 0 Å². The predicted molar refractivity (Wildman–Crippen MR) is 93.0 cm³/mol. The summed E-state index contributed by atoms with van der Waals surface area (Å²) in [5.41, 5.74) is 2.36. The predicted octanol–water partition coefficient (Wildman–Crippen LogP) is 4.36. The van der Waals surface area contributed by atoms with Gasteiger partial charge in [-0.3, -0.25) is 4.90 Å². The highest BCUT2D eigenvalue weighted by atomic mass is 15.2. The Hall–Kier alpha value is -1.53. The van der Waals surface area contributed by atoms with Gasteiger partial charge in [0.2, 0.25) is 0 Å². The topological polar surface area (TPSA) is 30.3 Å². The van der Waals surface area contributed by atoms with E-state index in [1.165, 1.54) is 37.8 Å². The van der Waals surface area contributed by atoms with E-state index in [1.54, 1.807) is 0 Å². The lowest BCUT2D eigenvalue weighted by Crippen LogP contribution is -2.36. The Morgan fingerprint density at radius 1 is 1.09 bits per heavy atom. The zero-order valence-corrected chi connectivity index (χ0v) is 14.3. The lowest BCUT2D eigenvalue weighted by molar-refractivity contribution is 0.164. The maximum atomic E-state index is 9.65. The van der Waals surface area contributed by atoms with Gasteiger partial charge in [-0.25, -0.2) is 0 Å². The van der Waals surface area contributed by atoms with Gasteiger partial charge >= 0.3 is 0 Å². The molecular formula is C19H29N3. The Kier molecular flexibility index (Phi) is 6.27. The highest BCUT2D eigenvalue weighted by molar-refractivity contribution is 5.48. The molecule has 0 heterocycles. The molecule has 0 saturated heterocycles. The van der Waals surface area contributed by atoms with Gasteiger partial charge in [-0.1, -0.05) is 31.4 Å². The molecule has 3 heteroatoms. The summed E-state index contributed by atoms with van der Waals surface area (Å²) >= 11 is 0. The summed E-state index contributed by atoms with van der Waals surface area (Å²) < 4.78 is 0. The smallest absolute Gasteiger partial charge is 0.123 e. The summed E-state index contributed by atoms with van der Waals surface area (Å²) in [6, 6.07) is 11.5. The largest absolute Gasteiger partial charge is 0.372 e. The van der Waals surface area contributed by atoms with Crippen molar-refractivity contribution in [3.8, 4) is 6.07 Å². The highest BCUT2D eigenvalue weighted by Gasteiger charge is 2.25. The Bertz CT molecular complexity index is 478. The molecule has 1 saturated carbocycles.